The number of anilines is 2. The van der Waals surface area contributed by atoms with Crippen LogP contribution in [0.25, 0.3) is 0 Å². The largest absolute Gasteiger partial charge is 0.326 e. The fraction of sp³-hybridized carbons (Fsp3) is 0.267. The number of halogens is 1. The second-order valence-electron chi connectivity index (χ2n) is 4.36. The Balaban J connectivity index is 2.46. The summed E-state index contributed by atoms with van der Waals surface area (Å²) in [6.07, 6.45) is 4.14. The maximum Gasteiger partial charge on any atom is 0.156 e. The summed E-state index contributed by atoms with van der Waals surface area (Å²) in [6.45, 7) is 2.89. The van der Waals surface area contributed by atoms with Crippen LogP contribution in [0.5, 0.6) is 0 Å². The van der Waals surface area contributed by atoms with Crippen LogP contribution in [0.3, 0.4) is 0 Å². The van der Waals surface area contributed by atoms with E-state index in [1.807, 2.05) is 35.2 Å². The number of nitrogens with zero attached hydrogens (tertiary/aromatic N) is 3. The van der Waals surface area contributed by atoms with Crippen LogP contribution >= 0.6 is 11.6 Å². The molecule has 2 aromatic rings. The lowest BCUT2D eigenvalue weighted by atomic mass is 10.2. The van der Waals surface area contributed by atoms with Crippen LogP contribution in [0.15, 0.2) is 36.7 Å². The van der Waals surface area contributed by atoms with E-state index in [9.17, 15) is 4.79 Å². The molecule has 5 heteroatoms. The van der Waals surface area contributed by atoms with Crippen LogP contribution in [0.4, 0.5) is 11.5 Å². The molecule has 1 aromatic carbocycles. The van der Waals surface area contributed by atoms with Gasteiger partial charge < -0.3 is 4.90 Å². The molecule has 0 radical (unpaired) electrons. The zero-order valence-corrected chi connectivity index (χ0v) is 12.0. The molecule has 0 saturated carbocycles. The lowest BCUT2D eigenvalue weighted by Crippen LogP contribution is -2.21. The van der Waals surface area contributed by atoms with Crippen molar-refractivity contribution in [3.8, 4) is 0 Å². The number of hydrogen-bond acceptors (Lipinski definition) is 4. The maximum absolute atomic E-state index is 11.3. The summed E-state index contributed by atoms with van der Waals surface area (Å²) in [5.41, 5.74) is 1.31. The standard InChI is InChI=1S/C15H16ClN3O/c1-2-3-9-19(12-7-5-4-6-8-12)15-13(10-20)14(16)17-11-18-15/h4-8,10-11H,2-3,9H2,1H3. The summed E-state index contributed by atoms with van der Waals surface area (Å²) in [6, 6.07) is 9.84. The third kappa shape index (κ3) is 3.14. The van der Waals surface area contributed by atoms with Crippen LogP contribution < -0.4 is 4.90 Å². The number of unbranched alkanes of at least 4 members (excludes halogenated alkanes) is 1. The molecule has 0 bridgehead atoms. The Hall–Kier alpha value is -1.94. The van der Waals surface area contributed by atoms with E-state index in [-0.39, 0.29) is 5.15 Å². The number of rotatable bonds is 6. The molecule has 0 N–H and O–H groups in total. The minimum Gasteiger partial charge on any atom is -0.326 e. The van der Waals surface area contributed by atoms with Crippen molar-refractivity contribution in [3.05, 3.63) is 47.4 Å². The van der Waals surface area contributed by atoms with E-state index in [1.54, 1.807) is 0 Å². The average Bonchev–Trinajstić information content (AvgIpc) is 2.49. The molecule has 0 atom stereocenters. The van der Waals surface area contributed by atoms with Crippen LogP contribution in [0.1, 0.15) is 30.1 Å². The SMILES string of the molecule is CCCCN(c1ccccc1)c1ncnc(Cl)c1C=O. The summed E-state index contributed by atoms with van der Waals surface area (Å²) in [5.74, 6) is 0.555. The minimum absolute atomic E-state index is 0.183. The first-order chi connectivity index (χ1) is 9.77. The van der Waals surface area contributed by atoms with Gasteiger partial charge in [0.1, 0.15) is 17.3 Å². The second kappa shape index (κ2) is 7.01. The predicted octanol–water partition coefficient (Wildman–Crippen LogP) is 3.88. The molecule has 2 rings (SSSR count). The summed E-state index contributed by atoms with van der Waals surface area (Å²) < 4.78 is 0. The minimum atomic E-state index is 0.183. The van der Waals surface area contributed by atoms with Crippen molar-refractivity contribution >= 4 is 29.4 Å². The normalized spacial score (nSPS) is 10.3. The van der Waals surface area contributed by atoms with Crippen molar-refractivity contribution in [1.82, 2.24) is 9.97 Å². The maximum atomic E-state index is 11.3. The van der Waals surface area contributed by atoms with E-state index in [2.05, 4.69) is 16.9 Å². The third-order valence-electron chi connectivity index (χ3n) is 2.99. The number of aldehydes is 1. The quantitative estimate of drug-likeness (QED) is 0.598. The summed E-state index contributed by atoms with van der Waals surface area (Å²) in [5, 5.41) is 0.183. The van der Waals surface area contributed by atoms with Gasteiger partial charge in [-0.15, -0.1) is 0 Å². The molecule has 0 aliphatic rings. The topological polar surface area (TPSA) is 46.1 Å². The van der Waals surface area contributed by atoms with Crippen molar-refractivity contribution in [2.45, 2.75) is 19.8 Å². The Morgan fingerprint density at radius 1 is 1.25 bits per heavy atom. The second-order valence-corrected chi connectivity index (χ2v) is 4.72. The monoisotopic (exact) mass is 289 g/mol. The molecule has 0 spiro atoms. The molecule has 0 saturated heterocycles. The molecule has 0 fully saturated rings. The van der Waals surface area contributed by atoms with Gasteiger partial charge in [0.15, 0.2) is 6.29 Å². The smallest absolute Gasteiger partial charge is 0.156 e. The molecule has 20 heavy (non-hydrogen) atoms. The molecule has 1 aromatic heterocycles. The highest BCUT2D eigenvalue weighted by molar-refractivity contribution is 6.32. The molecular formula is C15H16ClN3O. The zero-order valence-electron chi connectivity index (χ0n) is 11.3. The van der Waals surface area contributed by atoms with Gasteiger partial charge in [0.05, 0.1) is 5.56 Å². The lowest BCUT2D eigenvalue weighted by Gasteiger charge is -2.24. The molecule has 0 unspecified atom stereocenters. The van der Waals surface area contributed by atoms with Crippen LogP contribution in [-0.4, -0.2) is 22.8 Å². The highest BCUT2D eigenvalue weighted by Crippen LogP contribution is 2.28. The van der Waals surface area contributed by atoms with Gasteiger partial charge in [-0.05, 0) is 18.6 Å². The molecular weight excluding hydrogens is 274 g/mol. The fourth-order valence-electron chi connectivity index (χ4n) is 1.96. The summed E-state index contributed by atoms with van der Waals surface area (Å²) >= 11 is 5.99. The highest BCUT2D eigenvalue weighted by atomic mass is 35.5. The summed E-state index contributed by atoms with van der Waals surface area (Å²) in [4.78, 5) is 21.4. The first-order valence-electron chi connectivity index (χ1n) is 6.56. The first kappa shape index (κ1) is 14.5. The van der Waals surface area contributed by atoms with Gasteiger partial charge in [-0.25, -0.2) is 9.97 Å². The Labute approximate surface area is 123 Å². The Kier molecular flexibility index (Phi) is 5.07. The highest BCUT2D eigenvalue weighted by Gasteiger charge is 2.17. The van der Waals surface area contributed by atoms with E-state index in [1.165, 1.54) is 6.33 Å². The van der Waals surface area contributed by atoms with Crippen LogP contribution in [0.2, 0.25) is 5.15 Å². The average molecular weight is 290 g/mol. The number of para-hydroxylation sites is 1. The molecule has 104 valence electrons. The number of carbonyl (C=O) groups is 1. The molecule has 0 aliphatic heterocycles. The van der Waals surface area contributed by atoms with Crippen molar-refractivity contribution in [2.24, 2.45) is 0 Å². The van der Waals surface area contributed by atoms with E-state index < -0.39 is 0 Å². The first-order valence-corrected chi connectivity index (χ1v) is 6.94. The zero-order chi connectivity index (χ0) is 14.4. The van der Waals surface area contributed by atoms with Crippen molar-refractivity contribution in [2.75, 3.05) is 11.4 Å². The summed E-state index contributed by atoms with van der Waals surface area (Å²) in [7, 11) is 0. The molecule has 0 aliphatic carbocycles. The predicted molar refractivity (Wildman–Crippen MR) is 80.8 cm³/mol. The van der Waals surface area contributed by atoms with Crippen LogP contribution in [-0.2, 0) is 0 Å². The van der Waals surface area contributed by atoms with Gasteiger partial charge in [-0.3, -0.25) is 4.79 Å². The van der Waals surface area contributed by atoms with Gasteiger partial charge in [0, 0.05) is 12.2 Å². The van der Waals surface area contributed by atoms with E-state index >= 15 is 0 Å². The van der Waals surface area contributed by atoms with Crippen molar-refractivity contribution < 1.29 is 4.79 Å². The van der Waals surface area contributed by atoms with Crippen molar-refractivity contribution in [1.29, 1.82) is 0 Å². The number of aromatic nitrogens is 2. The Bertz CT molecular complexity index is 575. The van der Waals surface area contributed by atoms with Gasteiger partial charge in [0.2, 0.25) is 0 Å². The molecule has 0 amide bonds. The number of benzene rings is 1. The number of carbonyl (C=O) groups excluding carboxylic acids is 1. The van der Waals surface area contributed by atoms with Gasteiger partial charge in [-0.2, -0.15) is 0 Å². The van der Waals surface area contributed by atoms with Gasteiger partial charge in [0.25, 0.3) is 0 Å². The van der Waals surface area contributed by atoms with E-state index in [0.717, 1.165) is 25.1 Å². The van der Waals surface area contributed by atoms with Gasteiger partial charge in [-0.1, -0.05) is 43.1 Å². The van der Waals surface area contributed by atoms with E-state index in [0.29, 0.717) is 17.7 Å². The molecule has 1 heterocycles. The van der Waals surface area contributed by atoms with Crippen LogP contribution in [0, 0.1) is 0 Å². The van der Waals surface area contributed by atoms with Crippen molar-refractivity contribution in [3.63, 3.8) is 0 Å². The third-order valence-corrected chi connectivity index (χ3v) is 3.29. The fourth-order valence-corrected chi connectivity index (χ4v) is 2.14. The van der Waals surface area contributed by atoms with E-state index in [4.69, 9.17) is 11.6 Å². The Morgan fingerprint density at radius 3 is 2.65 bits per heavy atom. The lowest BCUT2D eigenvalue weighted by molar-refractivity contribution is 0.112. The van der Waals surface area contributed by atoms with Gasteiger partial charge >= 0.3 is 0 Å². The number of hydrogen-bond donors (Lipinski definition) is 0. The Morgan fingerprint density at radius 2 is 2.00 bits per heavy atom. The molecule has 4 nitrogen and oxygen atoms in total.